The summed E-state index contributed by atoms with van der Waals surface area (Å²) in [5, 5.41) is 13.0. The van der Waals surface area contributed by atoms with Crippen LogP contribution in [0.1, 0.15) is 46.8 Å². The van der Waals surface area contributed by atoms with E-state index >= 15 is 0 Å². The summed E-state index contributed by atoms with van der Waals surface area (Å²) in [6, 6.07) is 10.8. The number of alkyl halides is 1. The molecule has 1 saturated heterocycles. The average Bonchev–Trinajstić information content (AvgIpc) is 3.44. The molecule has 0 bridgehead atoms. The van der Waals surface area contributed by atoms with Crippen LogP contribution in [0.2, 0.25) is 10.0 Å². The summed E-state index contributed by atoms with van der Waals surface area (Å²) in [5.41, 5.74) is 5.16. The first-order valence-corrected chi connectivity index (χ1v) is 17.0. The zero-order valence-electron chi connectivity index (χ0n) is 27.4. The van der Waals surface area contributed by atoms with Crippen molar-refractivity contribution < 1.29 is 23.8 Å². The normalized spacial score (nSPS) is 16.7. The number of aliphatic carboxylic acids is 1. The number of fused-ring (bicyclic) bond motifs is 1. The van der Waals surface area contributed by atoms with Gasteiger partial charge in [-0.15, -0.1) is 0 Å². The molecule has 0 radical (unpaired) electrons. The zero-order chi connectivity index (χ0) is 34.7. The molecule has 0 saturated carbocycles. The highest BCUT2D eigenvalue weighted by Crippen LogP contribution is 2.40. The molecular weight excluding hydrogens is 672 g/mol. The van der Waals surface area contributed by atoms with Crippen molar-refractivity contribution in [3.8, 4) is 28.4 Å². The molecule has 2 aliphatic rings. The number of pyridine rings is 2. The van der Waals surface area contributed by atoms with Gasteiger partial charge < -0.3 is 19.7 Å². The Balaban J connectivity index is 1.22. The molecule has 5 heterocycles. The number of anilines is 1. The standard InChI is InChI=1S/C35H38Cl2FN7O4/c1-43-28-12-17-44(16-5-13-38)20-27(28)40-32(43)33(46)41-26-8-3-7-24(29(26)36)31-30(37)23(11-14-39-31)25-10-9-21(34(42-25)49-2)18-45-15-4-6-22(19-45)35(47)48/h3,7-11,14,22H,4-6,12-13,15-20H2,1-2H3,(H,41,46)(H,47,48). The number of imidazole rings is 1. The van der Waals surface area contributed by atoms with Crippen LogP contribution in [0.15, 0.2) is 42.6 Å². The number of hydrogen-bond donors (Lipinski definition) is 2. The number of nitrogens with one attached hydrogen (secondary N) is 1. The lowest BCUT2D eigenvalue weighted by molar-refractivity contribution is -0.143. The van der Waals surface area contributed by atoms with Gasteiger partial charge in [0.1, 0.15) is 0 Å². The Labute approximate surface area is 294 Å². The van der Waals surface area contributed by atoms with Crippen LogP contribution in [0.3, 0.4) is 0 Å². The predicted octanol–water partition coefficient (Wildman–Crippen LogP) is 6.13. The highest BCUT2D eigenvalue weighted by atomic mass is 35.5. The first-order chi connectivity index (χ1) is 23.7. The SMILES string of the molecule is COc1nc(-c2ccnc(-c3cccc(NC(=O)c4nc5c(n4C)CCN(CCCF)C5)c3Cl)c2Cl)ccc1CN1CCCC(C(=O)O)C1. The van der Waals surface area contributed by atoms with Gasteiger partial charge in [-0.2, -0.15) is 0 Å². The minimum absolute atomic E-state index is 0.265. The van der Waals surface area contributed by atoms with Gasteiger partial charge in [0.15, 0.2) is 5.82 Å². The highest BCUT2D eigenvalue weighted by molar-refractivity contribution is 6.39. The molecule has 0 spiro atoms. The average molecular weight is 711 g/mol. The van der Waals surface area contributed by atoms with E-state index in [4.69, 9.17) is 32.9 Å². The van der Waals surface area contributed by atoms with Crippen molar-refractivity contribution in [2.75, 3.05) is 45.3 Å². The van der Waals surface area contributed by atoms with Crippen molar-refractivity contribution in [3.05, 3.63) is 75.4 Å². The fraction of sp³-hybridized carbons (Fsp3) is 0.400. The molecule has 11 nitrogen and oxygen atoms in total. The number of aromatic nitrogens is 4. The van der Waals surface area contributed by atoms with Gasteiger partial charge in [0.2, 0.25) is 5.88 Å². The van der Waals surface area contributed by atoms with E-state index in [1.54, 1.807) is 37.6 Å². The summed E-state index contributed by atoms with van der Waals surface area (Å²) in [4.78, 5) is 43.2. The van der Waals surface area contributed by atoms with Crippen LogP contribution in [-0.2, 0) is 31.4 Å². The quantitative estimate of drug-likeness (QED) is 0.189. The third kappa shape index (κ3) is 7.42. The lowest BCUT2D eigenvalue weighted by atomic mass is 9.98. The number of rotatable bonds is 11. The second-order valence-electron chi connectivity index (χ2n) is 12.4. The maximum absolute atomic E-state index is 13.5. The van der Waals surface area contributed by atoms with Gasteiger partial charge in [-0.05, 0) is 44.0 Å². The van der Waals surface area contributed by atoms with Crippen LogP contribution in [-0.4, -0.2) is 86.3 Å². The molecule has 4 aromatic rings. The molecule has 6 rings (SSSR count). The minimum Gasteiger partial charge on any atom is -0.481 e. The molecule has 1 amide bonds. The van der Waals surface area contributed by atoms with Gasteiger partial charge in [-0.3, -0.25) is 28.8 Å². The van der Waals surface area contributed by atoms with Crippen molar-refractivity contribution in [1.82, 2.24) is 29.3 Å². The van der Waals surface area contributed by atoms with Gasteiger partial charge >= 0.3 is 5.97 Å². The Hall–Kier alpha value is -4.10. The third-order valence-corrected chi connectivity index (χ3v) is 9.98. The number of methoxy groups -OCH3 is 1. The molecule has 1 aromatic carbocycles. The number of benzene rings is 1. The number of carboxylic acid groups (broad SMARTS) is 1. The minimum atomic E-state index is -0.771. The molecule has 3 aromatic heterocycles. The van der Waals surface area contributed by atoms with Gasteiger partial charge in [0.05, 0.1) is 52.5 Å². The molecule has 1 atom stereocenters. The van der Waals surface area contributed by atoms with E-state index in [1.165, 1.54) is 0 Å². The van der Waals surface area contributed by atoms with Crippen LogP contribution in [0.4, 0.5) is 10.1 Å². The van der Waals surface area contributed by atoms with Gasteiger partial charge in [-0.25, -0.2) is 9.97 Å². The summed E-state index contributed by atoms with van der Waals surface area (Å²) in [7, 11) is 3.37. The number of carbonyl (C=O) groups excluding carboxylic acids is 1. The summed E-state index contributed by atoms with van der Waals surface area (Å²) < 4.78 is 20.2. The number of hydrogen-bond acceptors (Lipinski definition) is 8. The van der Waals surface area contributed by atoms with Crippen LogP contribution >= 0.6 is 23.2 Å². The number of halogens is 3. The van der Waals surface area contributed by atoms with Crippen LogP contribution in [0, 0.1) is 5.92 Å². The third-order valence-electron chi connectivity index (χ3n) is 9.19. The van der Waals surface area contributed by atoms with Crippen LogP contribution in [0.25, 0.3) is 22.5 Å². The van der Waals surface area contributed by atoms with E-state index in [0.717, 1.165) is 42.9 Å². The van der Waals surface area contributed by atoms with E-state index < -0.39 is 11.9 Å². The lowest BCUT2D eigenvalue weighted by Crippen LogP contribution is -2.38. The topological polar surface area (TPSA) is 126 Å². The fourth-order valence-electron chi connectivity index (χ4n) is 6.64. The van der Waals surface area contributed by atoms with E-state index in [-0.39, 0.29) is 23.4 Å². The van der Waals surface area contributed by atoms with Crippen molar-refractivity contribution in [2.24, 2.45) is 13.0 Å². The van der Waals surface area contributed by atoms with Gasteiger partial charge in [-0.1, -0.05) is 41.4 Å². The first-order valence-electron chi connectivity index (χ1n) is 16.3. The summed E-state index contributed by atoms with van der Waals surface area (Å²) in [5.74, 6) is -0.866. The molecule has 2 N–H and O–H groups in total. The fourth-order valence-corrected chi connectivity index (χ4v) is 7.21. The second kappa shape index (κ2) is 15.2. The monoisotopic (exact) mass is 709 g/mol. The molecule has 49 heavy (non-hydrogen) atoms. The Morgan fingerprint density at radius 2 is 1.92 bits per heavy atom. The van der Waals surface area contributed by atoms with Crippen LogP contribution < -0.4 is 10.1 Å². The summed E-state index contributed by atoms with van der Waals surface area (Å²) >= 11 is 13.9. The molecular formula is C35H38Cl2FN7O4. The number of piperidine rings is 1. The van der Waals surface area contributed by atoms with E-state index in [2.05, 4.69) is 25.1 Å². The predicted molar refractivity (Wildman–Crippen MR) is 186 cm³/mol. The smallest absolute Gasteiger partial charge is 0.307 e. The number of amides is 1. The molecule has 14 heteroatoms. The Bertz CT molecular complexity index is 1870. The summed E-state index contributed by atoms with van der Waals surface area (Å²) in [6.45, 7) is 3.45. The maximum Gasteiger partial charge on any atom is 0.307 e. The molecule has 2 aliphatic heterocycles. The molecule has 0 aliphatic carbocycles. The first kappa shape index (κ1) is 34.8. The van der Waals surface area contributed by atoms with Crippen molar-refractivity contribution in [1.29, 1.82) is 0 Å². The Kier molecular flexibility index (Phi) is 10.8. The highest BCUT2D eigenvalue weighted by Gasteiger charge is 2.28. The molecule has 1 fully saturated rings. The van der Waals surface area contributed by atoms with Crippen molar-refractivity contribution >= 4 is 40.8 Å². The summed E-state index contributed by atoms with van der Waals surface area (Å²) in [6.07, 6.45) is 4.32. The maximum atomic E-state index is 13.5. The van der Waals surface area contributed by atoms with Crippen molar-refractivity contribution in [3.63, 3.8) is 0 Å². The van der Waals surface area contributed by atoms with Gasteiger partial charge in [0, 0.05) is 74.8 Å². The van der Waals surface area contributed by atoms with Crippen LogP contribution in [0.5, 0.6) is 5.88 Å². The van der Waals surface area contributed by atoms with E-state index in [0.29, 0.717) is 78.1 Å². The van der Waals surface area contributed by atoms with E-state index in [9.17, 15) is 19.1 Å². The van der Waals surface area contributed by atoms with Gasteiger partial charge in [0.25, 0.3) is 5.91 Å². The largest absolute Gasteiger partial charge is 0.481 e. The van der Waals surface area contributed by atoms with E-state index in [1.807, 2.05) is 23.7 Å². The number of nitrogens with zero attached hydrogens (tertiary/aromatic N) is 6. The lowest BCUT2D eigenvalue weighted by Gasteiger charge is -2.30. The zero-order valence-corrected chi connectivity index (χ0v) is 28.9. The number of carbonyl (C=O) groups is 2. The molecule has 1 unspecified atom stereocenters. The number of ether oxygens (including phenoxy) is 1. The van der Waals surface area contributed by atoms with Crippen molar-refractivity contribution in [2.45, 2.75) is 38.8 Å². The Morgan fingerprint density at radius 3 is 2.69 bits per heavy atom. The number of likely N-dealkylation sites (tertiary alicyclic amines) is 1. The second-order valence-corrected chi connectivity index (χ2v) is 13.1. The molecule has 258 valence electrons. The number of carboxylic acids is 1. The Morgan fingerprint density at radius 1 is 1.08 bits per heavy atom.